The molecule has 1 aliphatic heterocycles. The summed E-state index contributed by atoms with van der Waals surface area (Å²) in [5.74, 6) is -3.71. The average Bonchev–Trinajstić information content (AvgIpc) is 3.20. The van der Waals surface area contributed by atoms with Crippen molar-refractivity contribution in [2.45, 2.75) is 38.1 Å². The Labute approximate surface area is 237 Å². The molecule has 4 aliphatic rings. The van der Waals surface area contributed by atoms with Gasteiger partial charge in [0.15, 0.2) is 6.61 Å². The lowest BCUT2D eigenvalue weighted by atomic mass is 9.55. The molecule has 8 heteroatoms. The van der Waals surface area contributed by atoms with Crippen LogP contribution in [0.3, 0.4) is 0 Å². The maximum Gasteiger partial charge on any atom is 0.329 e. The zero-order valence-electron chi connectivity index (χ0n) is 22.2. The molecule has 7 nitrogen and oxygen atoms in total. The number of nitrogens with one attached hydrogen (secondary N) is 1. The van der Waals surface area contributed by atoms with Crippen LogP contribution in [0.2, 0.25) is 5.02 Å². The molecule has 204 valence electrons. The smallest absolute Gasteiger partial charge is 0.329 e. The molecule has 3 aromatic rings. The molecule has 3 aromatic carbocycles. The summed E-state index contributed by atoms with van der Waals surface area (Å²) >= 11 is 5.98. The minimum absolute atomic E-state index is 0.00724. The molecular weight excluding hydrogens is 528 g/mol. The molecule has 0 unspecified atom stereocenters. The molecule has 0 radical (unpaired) electrons. The third-order valence-electron chi connectivity index (χ3n) is 8.21. The first-order valence-electron chi connectivity index (χ1n) is 13.5. The summed E-state index contributed by atoms with van der Waals surface area (Å²) < 4.78 is 5.39. The number of hydrogen-bond donors (Lipinski definition) is 1. The molecular formula is C32H29ClN2O5. The van der Waals surface area contributed by atoms with E-state index in [4.69, 9.17) is 16.3 Å². The van der Waals surface area contributed by atoms with Gasteiger partial charge >= 0.3 is 5.97 Å². The van der Waals surface area contributed by atoms with Gasteiger partial charge in [-0.25, -0.2) is 4.79 Å². The van der Waals surface area contributed by atoms with E-state index >= 15 is 0 Å². The first kappa shape index (κ1) is 26.3. The van der Waals surface area contributed by atoms with Crippen LogP contribution in [0.15, 0.2) is 72.8 Å². The fraction of sp³-hybridized carbons (Fsp3) is 0.312. The number of esters is 1. The van der Waals surface area contributed by atoms with E-state index in [0.717, 1.165) is 27.2 Å². The second kappa shape index (κ2) is 10.2. The summed E-state index contributed by atoms with van der Waals surface area (Å²) in [6, 6.07) is 21.5. The minimum atomic E-state index is -1.12. The van der Waals surface area contributed by atoms with Crippen molar-refractivity contribution in [3.63, 3.8) is 0 Å². The quantitative estimate of drug-likeness (QED) is 0.322. The topological polar surface area (TPSA) is 92.8 Å². The Balaban J connectivity index is 1.27. The van der Waals surface area contributed by atoms with E-state index in [9.17, 15) is 19.2 Å². The van der Waals surface area contributed by atoms with E-state index in [2.05, 4.69) is 5.32 Å². The standard InChI is InChI=1S/C32H29ClN2O5/c1-17(2)14-24(32(39)40-16-25(36)34-19-9-7-8-18(33)15-19)35-30(37)28-26-20-10-3-4-11-21(20)27(29(28)31(35)38)23-13-6-5-12-22(23)26/h3-13,15,17,24,26-29H,14,16H2,1-2H3,(H,34,36)/t24-,26?,27?,28+,29+/m1/s1. The van der Waals surface area contributed by atoms with Crippen LogP contribution in [0.4, 0.5) is 5.69 Å². The summed E-state index contributed by atoms with van der Waals surface area (Å²) in [5.41, 5.74) is 4.73. The van der Waals surface area contributed by atoms with E-state index in [0.29, 0.717) is 10.7 Å². The number of carbonyl (C=O) groups is 4. The lowest BCUT2D eigenvalue weighted by Crippen LogP contribution is -2.47. The van der Waals surface area contributed by atoms with E-state index in [1.54, 1.807) is 24.3 Å². The lowest BCUT2D eigenvalue weighted by Gasteiger charge is -2.45. The molecule has 0 aromatic heterocycles. The van der Waals surface area contributed by atoms with Crippen molar-refractivity contribution in [1.82, 2.24) is 4.90 Å². The summed E-state index contributed by atoms with van der Waals surface area (Å²) in [6.07, 6.45) is 0.237. The number of carbonyl (C=O) groups excluding carboxylic acids is 4. The highest BCUT2D eigenvalue weighted by Gasteiger charge is 2.63. The highest BCUT2D eigenvalue weighted by molar-refractivity contribution is 6.30. The minimum Gasteiger partial charge on any atom is -0.454 e. The van der Waals surface area contributed by atoms with Crippen molar-refractivity contribution in [2.24, 2.45) is 17.8 Å². The number of amides is 3. The third kappa shape index (κ3) is 4.29. The predicted molar refractivity (Wildman–Crippen MR) is 150 cm³/mol. The molecule has 1 heterocycles. The zero-order chi connectivity index (χ0) is 28.1. The van der Waals surface area contributed by atoms with Gasteiger partial charge in [0.1, 0.15) is 6.04 Å². The molecule has 40 heavy (non-hydrogen) atoms. The van der Waals surface area contributed by atoms with Crippen LogP contribution < -0.4 is 5.32 Å². The normalized spacial score (nSPS) is 22.9. The van der Waals surface area contributed by atoms with Crippen LogP contribution in [0.5, 0.6) is 0 Å². The highest BCUT2D eigenvalue weighted by Crippen LogP contribution is 2.61. The zero-order valence-corrected chi connectivity index (χ0v) is 22.9. The monoisotopic (exact) mass is 556 g/mol. The molecule has 3 aliphatic carbocycles. The highest BCUT2D eigenvalue weighted by atomic mass is 35.5. The van der Waals surface area contributed by atoms with Crippen LogP contribution >= 0.6 is 11.6 Å². The van der Waals surface area contributed by atoms with Gasteiger partial charge in [-0.05, 0) is 52.8 Å². The van der Waals surface area contributed by atoms with Crippen LogP contribution in [-0.4, -0.2) is 41.2 Å². The fourth-order valence-corrected chi connectivity index (χ4v) is 6.95. The third-order valence-corrected chi connectivity index (χ3v) is 8.45. The van der Waals surface area contributed by atoms with E-state index in [-0.39, 0.29) is 36.0 Å². The maximum absolute atomic E-state index is 14.1. The van der Waals surface area contributed by atoms with Gasteiger partial charge in [-0.2, -0.15) is 0 Å². The van der Waals surface area contributed by atoms with Crippen molar-refractivity contribution in [2.75, 3.05) is 11.9 Å². The van der Waals surface area contributed by atoms with E-state index < -0.39 is 36.4 Å². The van der Waals surface area contributed by atoms with Crippen molar-refractivity contribution in [1.29, 1.82) is 0 Å². The van der Waals surface area contributed by atoms with Crippen LogP contribution in [0.1, 0.15) is 54.4 Å². The maximum atomic E-state index is 14.1. The van der Waals surface area contributed by atoms with Gasteiger partial charge in [-0.3, -0.25) is 19.3 Å². The number of hydrogen-bond acceptors (Lipinski definition) is 5. The SMILES string of the molecule is CC(C)C[C@H](C(=O)OCC(=O)Nc1cccc(Cl)c1)N1C(=O)[C@H]2C3c4ccccc4C(c4ccccc43)[C@@H]2C1=O. The summed E-state index contributed by atoms with van der Waals surface area (Å²) in [4.78, 5) is 55.3. The van der Waals surface area contributed by atoms with Gasteiger partial charge in [0, 0.05) is 22.5 Å². The number of rotatable bonds is 7. The molecule has 1 saturated heterocycles. The van der Waals surface area contributed by atoms with Crippen LogP contribution in [0.25, 0.3) is 0 Å². The number of benzene rings is 3. The van der Waals surface area contributed by atoms with Crippen molar-refractivity contribution in [3.8, 4) is 0 Å². The molecule has 7 rings (SSSR count). The largest absolute Gasteiger partial charge is 0.454 e. The summed E-state index contributed by atoms with van der Waals surface area (Å²) in [5, 5.41) is 3.09. The lowest BCUT2D eigenvalue weighted by molar-refractivity contribution is -0.160. The van der Waals surface area contributed by atoms with Gasteiger partial charge in [0.05, 0.1) is 11.8 Å². The van der Waals surface area contributed by atoms with Crippen molar-refractivity contribution < 1.29 is 23.9 Å². The van der Waals surface area contributed by atoms with Crippen LogP contribution in [-0.2, 0) is 23.9 Å². The molecule has 2 bridgehead atoms. The number of nitrogens with zero attached hydrogens (tertiary/aromatic N) is 1. The second-order valence-corrected chi connectivity index (χ2v) is 11.6. The summed E-state index contributed by atoms with van der Waals surface area (Å²) in [6.45, 7) is 3.28. The first-order valence-corrected chi connectivity index (χ1v) is 13.9. The average molecular weight is 557 g/mol. The van der Waals surface area contributed by atoms with Gasteiger partial charge in [0.2, 0.25) is 11.8 Å². The van der Waals surface area contributed by atoms with Crippen molar-refractivity contribution in [3.05, 3.63) is 100 Å². The molecule has 0 saturated carbocycles. The number of ether oxygens (including phenoxy) is 1. The number of imide groups is 1. The fourth-order valence-electron chi connectivity index (χ4n) is 6.76. The Hall–Kier alpha value is -3.97. The van der Waals surface area contributed by atoms with Crippen LogP contribution in [0, 0.1) is 17.8 Å². The second-order valence-electron chi connectivity index (χ2n) is 11.1. The predicted octanol–water partition coefficient (Wildman–Crippen LogP) is 5.13. The number of anilines is 1. The van der Waals surface area contributed by atoms with Gasteiger partial charge in [0.25, 0.3) is 5.91 Å². The van der Waals surface area contributed by atoms with Gasteiger partial charge in [-0.15, -0.1) is 0 Å². The molecule has 1 fully saturated rings. The van der Waals surface area contributed by atoms with E-state index in [1.165, 1.54) is 0 Å². The Kier molecular flexibility index (Phi) is 6.70. The summed E-state index contributed by atoms with van der Waals surface area (Å²) in [7, 11) is 0. The molecule has 3 amide bonds. The first-order chi connectivity index (χ1) is 19.3. The molecule has 0 spiro atoms. The Bertz CT molecular complexity index is 1420. The Morgan fingerprint density at radius 2 is 1.38 bits per heavy atom. The van der Waals surface area contributed by atoms with Gasteiger partial charge < -0.3 is 10.1 Å². The molecule has 1 N–H and O–H groups in total. The van der Waals surface area contributed by atoms with E-state index in [1.807, 2.05) is 62.4 Å². The number of halogens is 1. The van der Waals surface area contributed by atoms with Gasteiger partial charge in [-0.1, -0.05) is 80.0 Å². The number of likely N-dealkylation sites (tertiary alicyclic amines) is 1. The van der Waals surface area contributed by atoms with Crippen molar-refractivity contribution >= 4 is 41.0 Å². The Morgan fingerprint density at radius 3 is 1.85 bits per heavy atom. The Morgan fingerprint density at radius 1 is 0.850 bits per heavy atom. The molecule has 3 atom stereocenters.